The number of piperazine rings is 1. The second kappa shape index (κ2) is 6.54. The second-order valence-electron chi connectivity index (χ2n) is 5.57. The van der Waals surface area contributed by atoms with Crippen molar-refractivity contribution in [3.05, 3.63) is 51.8 Å². The summed E-state index contributed by atoms with van der Waals surface area (Å²) in [6, 6.07) is 9.96. The van der Waals surface area contributed by atoms with Gasteiger partial charge in [-0.25, -0.2) is 8.42 Å². The quantitative estimate of drug-likeness (QED) is 0.806. The van der Waals surface area contributed by atoms with Crippen LogP contribution in [-0.2, 0) is 10.0 Å². The Morgan fingerprint density at radius 2 is 1.62 bits per heavy atom. The van der Waals surface area contributed by atoms with E-state index in [0.29, 0.717) is 42.7 Å². The van der Waals surface area contributed by atoms with E-state index in [1.165, 1.54) is 21.3 Å². The SMILES string of the molecule is CS(=O)(=O)N1CCN(c2ccc(=O)n(-c3ccc(Cl)cc3)n2)CC1. The van der Waals surface area contributed by atoms with Crippen LogP contribution in [0.2, 0.25) is 5.02 Å². The number of nitrogens with zero attached hydrogens (tertiary/aromatic N) is 4. The fourth-order valence-corrected chi connectivity index (χ4v) is 3.54. The molecule has 3 rings (SSSR count). The minimum Gasteiger partial charge on any atom is -0.353 e. The molecule has 0 bridgehead atoms. The van der Waals surface area contributed by atoms with Crippen LogP contribution in [0.15, 0.2) is 41.2 Å². The molecule has 0 amide bonds. The largest absolute Gasteiger partial charge is 0.353 e. The zero-order valence-electron chi connectivity index (χ0n) is 13.1. The van der Waals surface area contributed by atoms with E-state index < -0.39 is 10.0 Å². The molecule has 0 unspecified atom stereocenters. The average Bonchev–Trinajstić information content (AvgIpc) is 2.56. The first-order valence-electron chi connectivity index (χ1n) is 7.41. The van der Waals surface area contributed by atoms with Crippen LogP contribution in [0.1, 0.15) is 0 Å². The molecular formula is C15H17ClN4O3S. The van der Waals surface area contributed by atoms with Crippen molar-refractivity contribution in [2.75, 3.05) is 37.3 Å². The Hall–Kier alpha value is -1.90. The van der Waals surface area contributed by atoms with Crippen molar-refractivity contribution < 1.29 is 8.42 Å². The number of aromatic nitrogens is 2. The minimum atomic E-state index is -3.17. The number of halogens is 1. The van der Waals surface area contributed by atoms with Crippen LogP contribution >= 0.6 is 11.6 Å². The summed E-state index contributed by atoms with van der Waals surface area (Å²) in [7, 11) is -3.17. The van der Waals surface area contributed by atoms with E-state index in [9.17, 15) is 13.2 Å². The molecule has 1 aliphatic rings. The normalized spacial score (nSPS) is 16.3. The molecule has 0 N–H and O–H groups in total. The number of benzene rings is 1. The van der Waals surface area contributed by atoms with Gasteiger partial charge in [-0.3, -0.25) is 4.79 Å². The van der Waals surface area contributed by atoms with E-state index in [4.69, 9.17) is 11.6 Å². The van der Waals surface area contributed by atoms with Crippen LogP contribution in [0.25, 0.3) is 5.69 Å². The van der Waals surface area contributed by atoms with Gasteiger partial charge >= 0.3 is 0 Å². The van der Waals surface area contributed by atoms with E-state index in [2.05, 4.69) is 5.10 Å². The molecule has 0 radical (unpaired) electrons. The Morgan fingerprint density at radius 1 is 1.00 bits per heavy atom. The third-order valence-corrected chi connectivity index (χ3v) is 5.44. The number of sulfonamides is 1. The van der Waals surface area contributed by atoms with Crippen molar-refractivity contribution in [3.8, 4) is 5.69 Å². The van der Waals surface area contributed by atoms with Crippen molar-refractivity contribution >= 4 is 27.4 Å². The molecule has 1 saturated heterocycles. The van der Waals surface area contributed by atoms with Gasteiger partial charge in [0.2, 0.25) is 10.0 Å². The highest BCUT2D eigenvalue weighted by Gasteiger charge is 2.24. The molecular weight excluding hydrogens is 352 g/mol. The average molecular weight is 369 g/mol. The second-order valence-corrected chi connectivity index (χ2v) is 7.99. The fraction of sp³-hybridized carbons (Fsp3) is 0.333. The van der Waals surface area contributed by atoms with E-state index in [-0.39, 0.29) is 5.56 Å². The third-order valence-electron chi connectivity index (χ3n) is 3.89. The topological polar surface area (TPSA) is 75.5 Å². The Bertz CT molecular complexity index is 888. The lowest BCUT2D eigenvalue weighted by atomic mass is 10.3. The van der Waals surface area contributed by atoms with Crippen LogP contribution in [0.4, 0.5) is 5.82 Å². The van der Waals surface area contributed by atoms with Gasteiger partial charge in [0, 0.05) is 37.3 Å². The molecule has 128 valence electrons. The third kappa shape index (κ3) is 3.61. The Morgan fingerprint density at radius 3 is 2.21 bits per heavy atom. The molecule has 0 atom stereocenters. The molecule has 0 spiro atoms. The molecule has 1 aromatic carbocycles. The maximum absolute atomic E-state index is 12.1. The molecule has 0 aliphatic carbocycles. The zero-order valence-corrected chi connectivity index (χ0v) is 14.7. The highest BCUT2D eigenvalue weighted by Crippen LogP contribution is 2.16. The van der Waals surface area contributed by atoms with Gasteiger partial charge in [0.15, 0.2) is 0 Å². The van der Waals surface area contributed by atoms with Gasteiger partial charge < -0.3 is 4.90 Å². The van der Waals surface area contributed by atoms with Crippen molar-refractivity contribution in [2.45, 2.75) is 0 Å². The van der Waals surface area contributed by atoms with Crippen molar-refractivity contribution in [2.24, 2.45) is 0 Å². The van der Waals surface area contributed by atoms with Crippen LogP contribution in [0.5, 0.6) is 0 Å². The number of rotatable bonds is 3. The lowest BCUT2D eigenvalue weighted by molar-refractivity contribution is 0.386. The van der Waals surface area contributed by atoms with Crippen molar-refractivity contribution in [1.29, 1.82) is 0 Å². The van der Waals surface area contributed by atoms with Gasteiger partial charge in [-0.2, -0.15) is 8.99 Å². The highest BCUT2D eigenvalue weighted by atomic mass is 35.5. The zero-order chi connectivity index (χ0) is 17.3. The van der Waals surface area contributed by atoms with Gasteiger partial charge in [0.1, 0.15) is 5.82 Å². The molecule has 2 aromatic rings. The van der Waals surface area contributed by atoms with Crippen molar-refractivity contribution in [1.82, 2.24) is 14.1 Å². The summed E-state index contributed by atoms with van der Waals surface area (Å²) < 4.78 is 25.9. The molecule has 7 nitrogen and oxygen atoms in total. The van der Waals surface area contributed by atoms with E-state index >= 15 is 0 Å². The molecule has 9 heteroatoms. The van der Waals surface area contributed by atoms with Gasteiger partial charge in [0.05, 0.1) is 11.9 Å². The van der Waals surface area contributed by atoms with Crippen molar-refractivity contribution in [3.63, 3.8) is 0 Å². The standard InChI is InChI=1S/C15H17ClN4O3S/c1-24(22,23)19-10-8-18(9-11-19)14-6-7-15(21)20(17-14)13-4-2-12(16)3-5-13/h2-7H,8-11H2,1H3. The molecule has 2 heterocycles. The summed E-state index contributed by atoms with van der Waals surface area (Å²) in [6.45, 7) is 1.86. The van der Waals surface area contributed by atoms with Crippen LogP contribution in [-0.4, -0.2) is 54.9 Å². The first kappa shape index (κ1) is 16.9. The lowest BCUT2D eigenvalue weighted by Gasteiger charge is -2.33. The smallest absolute Gasteiger partial charge is 0.271 e. The summed E-state index contributed by atoms with van der Waals surface area (Å²) in [5, 5.41) is 4.99. The van der Waals surface area contributed by atoms with E-state index in [1.54, 1.807) is 30.3 Å². The Balaban J connectivity index is 1.85. The molecule has 1 fully saturated rings. The number of hydrogen-bond acceptors (Lipinski definition) is 5. The van der Waals surface area contributed by atoms with Gasteiger partial charge in [-0.05, 0) is 30.3 Å². The highest BCUT2D eigenvalue weighted by molar-refractivity contribution is 7.88. The molecule has 1 aliphatic heterocycles. The first-order chi connectivity index (χ1) is 11.3. The van der Waals surface area contributed by atoms with Gasteiger partial charge in [-0.15, -0.1) is 5.10 Å². The maximum atomic E-state index is 12.1. The summed E-state index contributed by atoms with van der Waals surface area (Å²) in [6.07, 6.45) is 1.21. The Kier molecular flexibility index (Phi) is 4.62. The van der Waals surface area contributed by atoms with Gasteiger partial charge in [-0.1, -0.05) is 11.6 Å². The summed E-state index contributed by atoms with van der Waals surface area (Å²) in [4.78, 5) is 14.1. The van der Waals surface area contributed by atoms with Gasteiger partial charge in [0.25, 0.3) is 5.56 Å². The lowest BCUT2D eigenvalue weighted by Crippen LogP contribution is -2.48. The Labute approximate surface area is 145 Å². The summed E-state index contributed by atoms with van der Waals surface area (Å²) in [5.74, 6) is 0.637. The number of anilines is 1. The van der Waals surface area contributed by atoms with E-state index in [1.807, 2.05) is 4.90 Å². The number of hydrogen-bond donors (Lipinski definition) is 0. The van der Waals surface area contributed by atoms with Crippen LogP contribution in [0.3, 0.4) is 0 Å². The summed E-state index contributed by atoms with van der Waals surface area (Å²) >= 11 is 5.87. The maximum Gasteiger partial charge on any atom is 0.271 e. The first-order valence-corrected chi connectivity index (χ1v) is 9.63. The fourth-order valence-electron chi connectivity index (χ4n) is 2.59. The molecule has 1 aromatic heterocycles. The predicted octanol–water partition coefficient (Wildman–Crippen LogP) is 0.968. The monoisotopic (exact) mass is 368 g/mol. The molecule has 24 heavy (non-hydrogen) atoms. The minimum absolute atomic E-state index is 0.240. The molecule has 0 saturated carbocycles. The van der Waals surface area contributed by atoms with Crippen LogP contribution < -0.4 is 10.5 Å². The van der Waals surface area contributed by atoms with Crippen LogP contribution in [0, 0.1) is 0 Å². The summed E-state index contributed by atoms with van der Waals surface area (Å²) in [5.41, 5.74) is 0.386. The van der Waals surface area contributed by atoms with E-state index in [0.717, 1.165) is 0 Å². The predicted molar refractivity (Wildman–Crippen MR) is 93.5 cm³/mol.